The third-order valence-corrected chi connectivity index (χ3v) is 4.59. The van der Waals surface area contributed by atoms with Gasteiger partial charge in [-0.1, -0.05) is 30.3 Å². The fraction of sp³-hybridized carbons (Fsp3) is 0.333. The number of aliphatic hydroxyl groups is 1. The van der Waals surface area contributed by atoms with Gasteiger partial charge in [-0.2, -0.15) is 8.42 Å². The number of nitrogens with one attached hydrogen (secondary N) is 1. The summed E-state index contributed by atoms with van der Waals surface area (Å²) in [4.78, 5) is 0.100. The first-order valence-corrected chi connectivity index (χ1v) is 9.11. The summed E-state index contributed by atoms with van der Waals surface area (Å²) in [5.74, 6) is 0.207. The minimum Gasteiger partial charge on any atom is -0.387 e. The lowest BCUT2D eigenvalue weighted by atomic mass is 10.1. The van der Waals surface area contributed by atoms with Crippen molar-refractivity contribution in [1.82, 2.24) is 5.32 Å². The molecule has 2 aromatic rings. The molecule has 0 aromatic heterocycles. The summed E-state index contributed by atoms with van der Waals surface area (Å²) in [6.07, 6.45) is -0.677. The molecule has 2 N–H and O–H groups in total. The molecule has 0 amide bonds. The Bertz CT molecular complexity index is 750. The van der Waals surface area contributed by atoms with Gasteiger partial charge in [0.15, 0.2) is 0 Å². The molecule has 0 unspecified atom stereocenters. The van der Waals surface area contributed by atoms with E-state index in [1.807, 2.05) is 20.8 Å². The number of hydrogen-bond acceptors (Lipinski definition) is 5. The van der Waals surface area contributed by atoms with E-state index in [-0.39, 0.29) is 16.2 Å². The fourth-order valence-corrected chi connectivity index (χ4v) is 2.98. The molecule has 0 spiro atoms. The van der Waals surface area contributed by atoms with Crippen LogP contribution in [0.2, 0.25) is 0 Å². The molecule has 1 atom stereocenters. The molecule has 0 radical (unpaired) electrons. The van der Waals surface area contributed by atoms with Gasteiger partial charge in [0.25, 0.3) is 0 Å². The van der Waals surface area contributed by atoms with E-state index in [1.54, 1.807) is 30.3 Å². The molecule has 2 aromatic carbocycles. The zero-order chi connectivity index (χ0) is 17.8. The largest absolute Gasteiger partial charge is 0.387 e. The predicted molar refractivity (Wildman–Crippen MR) is 93.4 cm³/mol. The van der Waals surface area contributed by atoms with Gasteiger partial charge in [0.1, 0.15) is 10.6 Å². The molecule has 24 heavy (non-hydrogen) atoms. The number of rotatable bonds is 6. The van der Waals surface area contributed by atoms with E-state index in [2.05, 4.69) is 5.32 Å². The van der Waals surface area contributed by atoms with Crippen LogP contribution in [0, 0.1) is 0 Å². The van der Waals surface area contributed by atoms with E-state index < -0.39 is 16.2 Å². The molecule has 130 valence electrons. The van der Waals surface area contributed by atoms with E-state index in [1.165, 1.54) is 24.3 Å². The van der Waals surface area contributed by atoms with Crippen LogP contribution in [0.5, 0.6) is 5.75 Å². The number of β-amino-alcohol motifs (C(OH)–C–C–N with tert-alkyl or cyclic N) is 1. The topological polar surface area (TPSA) is 75.6 Å². The van der Waals surface area contributed by atoms with Crippen LogP contribution in [0.3, 0.4) is 0 Å². The Morgan fingerprint density at radius 2 is 1.62 bits per heavy atom. The van der Waals surface area contributed by atoms with E-state index >= 15 is 0 Å². The van der Waals surface area contributed by atoms with Gasteiger partial charge >= 0.3 is 10.1 Å². The van der Waals surface area contributed by atoms with Crippen molar-refractivity contribution in [2.24, 2.45) is 0 Å². The second-order valence-corrected chi connectivity index (χ2v) is 8.11. The third-order valence-electron chi connectivity index (χ3n) is 3.33. The second-order valence-electron chi connectivity index (χ2n) is 6.57. The molecule has 0 bridgehead atoms. The number of aliphatic hydroxyl groups excluding tert-OH is 1. The maximum atomic E-state index is 12.2. The Morgan fingerprint density at radius 1 is 1.04 bits per heavy atom. The predicted octanol–water partition coefficient (Wildman–Crippen LogP) is 2.88. The second kappa shape index (κ2) is 7.34. The van der Waals surface area contributed by atoms with Crippen LogP contribution in [-0.4, -0.2) is 25.6 Å². The van der Waals surface area contributed by atoms with Crippen molar-refractivity contribution in [2.45, 2.75) is 37.3 Å². The maximum absolute atomic E-state index is 12.2. The molecule has 0 aliphatic heterocycles. The third kappa shape index (κ3) is 5.33. The molecular weight excluding hydrogens is 326 g/mol. The summed E-state index contributed by atoms with van der Waals surface area (Å²) in [7, 11) is -3.85. The summed E-state index contributed by atoms with van der Waals surface area (Å²) >= 11 is 0. The Hall–Kier alpha value is -1.89. The highest BCUT2D eigenvalue weighted by Crippen LogP contribution is 2.21. The lowest BCUT2D eigenvalue weighted by Crippen LogP contribution is -2.38. The van der Waals surface area contributed by atoms with Gasteiger partial charge < -0.3 is 14.6 Å². The van der Waals surface area contributed by atoms with Crippen molar-refractivity contribution in [3.63, 3.8) is 0 Å². The Balaban J connectivity index is 2.04. The van der Waals surface area contributed by atoms with E-state index in [0.29, 0.717) is 12.1 Å². The smallest absolute Gasteiger partial charge is 0.339 e. The number of benzene rings is 2. The number of hydrogen-bond donors (Lipinski definition) is 2. The van der Waals surface area contributed by atoms with Crippen molar-refractivity contribution < 1.29 is 17.7 Å². The van der Waals surface area contributed by atoms with Crippen LogP contribution >= 0.6 is 0 Å². The first-order valence-electron chi connectivity index (χ1n) is 7.70. The van der Waals surface area contributed by atoms with Gasteiger partial charge in [-0.3, -0.25) is 0 Å². The van der Waals surface area contributed by atoms with Crippen molar-refractivity contribution in [3.8, 4) is 5.75 Å². The van der Waals surface area contributed by atoms with Gasteiger partial charge in [0.05, 0.1) is 6.10 Å². The SMILES string of the molecule is CC(C)(C)NC[C@H](O)c1ccc(OS(=O)(=O)c2ccccc2)cc1. The van der Waals surface area contributed by atoms with Crippen molar-refractivity contribution in [1.29, 1.82) is 0 Å². The normalized spacial score (nSPS) is 13.5. The summed E-state index contributed by atoms with van der Waals surface area (Å²) < 4.78 is 29.4. The van der Waals surface area contributed by atoms with E-state index in [9.17, 15) is 13.5 Å². The first kappa shape index (κ1) is 18.4. The highest BCUT2D eigenvalue weighted by molar-refractivity contribution is 7.87. The lowest BCUT2D eigenvalue weighted by molar-refractivity contribution is 0.163. The van der Waals surface area contributed by atoms with Gasteiger partial charge in [-0.15, -0.1) is 0 Å². The summed E-state index contributed by atoms with van der Waals surface area (Å²) in [5, 5.41) is 13.4. The van der Waals surface area contributed by atoms with Crippen molar-refractivity contribution >= 4 is 10.1 Å². The van der Waals surface area contributed by atoms with Gasteiger partial charge in [0, 0.05) is 12.1 Å². The molecule has 5 nitrogen and oxygen atoms in total. The first-order chi connectivity index (χ1) is 11.2. The Morgan fingerprint density at radius 3 is 2.17 bits per heavy atom. The highest BCUT2D eigenvalue weighted by Gasteiger charge is 2.17. The van der Waals surface area contributed by atoms with Gasteiger partial charge in [-0.25, -0.2) is 0 Å². The molecule has 6 heteroatoms. The molecule has 0 fully saturated rings. The molecule has 0 saturated carbocycles. The van der Waals surface area contributed by atoms with Crippen LogP contribution in [-0.2, 0) is 10.1 Å². The van der Waals surface area contributed by atoms with Crippen molar-refractivity contribution in [3.05, 3.63) is 60.2 Å². The standard InChI is InChI=1S/C18H23NO4S/c1-18(2,3)19-13-17(20)14-9-11-15(12-10-14)23-24(21,22)16-7-5-4-6-8-16/h4-12,17,19-20H,13H2,1-3H3/t17-/m0/s1. The van der Waals surface area contributed by atoms with E-state index in [4.69, 9.17) is 4.18 Å². The quantitative estimate of drug-likeness (QED) is 0.784. The Kier molecular flexibility index (Phi) is 5.64. The summed E-state index contributed by atoms with van der Waals surface area (Å²) in [5.41, 5.74) is 0.601. The average Bonchev–Trinajstić information content (AvgIpc) is 2.53. The van der Waals surface area contributed by atoms with Crippen LogP contribution in [0.4, 0.5) is 0 Å². The minimum absolute atomic E-state index is 0.0895. The average molecular weight is 349 g/mol. The summed E-state index contributed by atoms with van der Waals surface area (Å²) in [6, 6.07) is 14.4. The van der Waals surface area contributed by atoms with Gasteiger partial charge in [0.2, 0.25) is 0 Å². The molecule has 2 rings (SSSR count). The minimum atomic E-state index is -3.85. The Labute approximate surface area is 143 Å². The van der Waals surface area contributed by atoms with Crippen molar-refractivity contribution in [2.75, 3.05) is 6.54 Å². The van der Waals surface area contributed by atoms with Crippen LogP contribution in [0.1, 0.15) is 32.4 Å². The lowest BCUT2D eigenvalue weighted by Gasteiger charge is -2.23. The molecule has 0 aliphatic rings. The maximum Gasteiger partial charge on any atom is 0.339 e. The summed E-state index contributed by atoms with van der Waals surface area (Å²) in [6.45, 7) is 6.47. The molecular formula is C18H23NO4S. The molecule has 0 heterocycles. The fourth-order valence-electron chi connectivity index (χ4n) is 2.03. The van der Waals surface area contributed by atoms with Gasteiger partial charge in [-0.05, 0) is 50.6 Å². The van der Waals surface area contributed by atoms with Crippen LogP contribution < -0.4 is 9.50 Å². The zero-order valence-electron chi connectivity index (χ0n) is 14.1. The zero-order valence-corrected chi connectivity index (χ0v) is 14.9. The molecule has 0 saturated heterocycles. The van der Waals surface area contributed by atoms with Crippen LogP contribution in [0.15, 0.2) is 59.5 Å². The van der Waals surface area contributed by atoms with E-state index in [0.717, 1.165) is 0 Å². The molecule has 0 aliphatic carbocycles. The monoisotopic (exact) mass is 349 g/mol. The van der Waals surface area contributed by atoms with Crippen LogP contribution in [0.25, 0.3) is 0 Å². The highest BCUT2D eigenvalue weighted by atomic mass is 32.2.